The van der Waals surface area contributed by atoms with E-state index < -0.39 is 17.6 Å². The topological polar surface area (TPSA) is 34.1 Å². The summed E-state index contributed by atoms with van der Waals surface area (Å²) in [6.45, 7) is 1.63. The molecule has 1 aromatic carbocycles. The van der Waals surface area contributed by atoms with Crippen LogP contribution in [-0.2, 0) is 4.74 Å². The van der Waals surface area contributed by atoms with Crippen LogP contribution in [-0.4, -0.2) is 13.1 Å². The number of aromatic nitrogens is 2. The molecule has 0 unspecified atom stereocenters. The highest BCUT2D eigenvalue weighted by molar-refractivity contribution is 5.85. The van der Waals surface area contributed by atoms with Crippen molar-refractivity contribution in [1.29, 1.82) is 0 Å². The maximum atomic E-state index is 14.5. The van der Waals surface area contributed by atoms with Gasteiger partial charge in [-0.25, -0.2) is 13.6 Å². The standard InChI is InChI=1S/C19H16F2N2O2/c1-13-11-14(20)12-15(21)18(13)16-7-3-5-9-22(16)23-10-6-4-8-17(23)19(24)25-2/h3-12H,1-2H3/q+2. The van der Waals surface area contributed by atoms with Crippen LogP contribution in [0.3, 0.4) is 0 Å². The number of hydrogen-bond donors (Lipinski definition) is 0. The van der Waals surface area contributed by atoms with Gasteiger partial charge in [0.05, 0.1) is 22.0 Å². The van der Waals surface area contributed by atoms with E-state index in [1.54, 1.807) is 65.1 Å². The van der Waals surface area contributed by atoms with Gasteiger partial charge in [-0.2, -0.15) is 0 Å². The third-order valence-electron chi connectivity index (χ3n) is 3.81. The summed E-state index contributed by atoms with van der Waals surface area (Å²) < 4.78 is 35.9. The summed E-state index contributed by atoms with van der Waals surface area (Å²) in [6.07, 6.45) is 3.34. The van der Waals surface area contributed by atoms with Gasteiger partial charge in [0.15, 0.2) is 0 Å². The number of nitrogens with zero attached hydrogens (tertiary/aromatic N) is 2. The normalized spacial score (nSPS) is 10.6. The molecule has 0 aliphatic carbocycles. The van der Waals surface area contributed by atoms with Gasteiger partial charge in [0.2, 0.25) is 12.4 Å². The Morgan fingerprint density at radius 3 is 2.36 bits per heavy atom. The summed E-state index contributed by atoms with van der Waals surface area (Å²) in [4.78, 5) is 12.1. The van der Waals surface area contributed by atoms with Crippen molar-refractivity contribution in [2.45, 2.75) is 6.92 Å². The van der Waals surface area contributed by atoms with Crippen molar-refractivity contribution in [3.05, 3.63) is 83.8 Å². The average molecular weight is 342 g/mol. The van der Waals surface area contributed by atoms with Crippen LogP contribution in [0.1, 0.15) is 16.1 Å². The lowest BCUT2D eigenvalue weighted by atomic mass is 10.0. The first-order valence-corrected chi connectivity index (χ1v) is 7.59. The number of methoxy groups -OCH3 is 1. The minimum atomic E-state index is -0.673. The van der Waals surface area contributed by atoms with E-state index in [9.17, 15) is 13.6 Å². The van der Waals surface area contributed by atoms with E-state index in [1.165, 1.54) is 13.2 Å². The number of pyridine rings is 2. The van der Waals surface area contributed by atoms with Crippen LogP contribution in [0.25, 0.3) is 11.3 Å². The minimum absolute atomic E-state index is 0.258. The van der Waals surface area contributed by atoms with Gasteiger partial charge in [-0.15, -0.1) is 0 Å². The predicted octanol–water partition coefficient (Wildman–Crippen LogP) is 2.61. The van der Waals surface area contributed by atoms with E-state index in [4.69, 9.17) is 4.74 Å². The van der Waals surface area contributed by atoms with Crippen LogP contribution in [0, 0.1) is 18.6 Å². The van der Waals surface area contributed by atoms with Crippen molar-refractivity contribution in [2.24, 2.45) is 0 Å². The third kappa shape index (κ3) is 3.10. The van der Waals surface area contributed by atoms with Crippen molar-refractivity contribution in [1.82, 2.24) is 0 Å². The largest absolute Gasteiger partial charge is 0.461 e. The van der Waals surface area contributed by atoms with Crippen LogP contribution in [0.5, 0.6) is 0 Å². The SMILES string of the molecule is COC(=O)c1cccc[n+]1-[n+]1ccccc1-c1c(C)cc(F)cc1F. The maximum Gasteiger partial charge on any atom is 0.410 e. The minimum Gasteiger partial charge on any atom is -0.461 e. The van der Waals surface area contributed by atoms with E-state index in [2.05, 4.69) is 0 Å². The van der Waals surface area contributed by atoms with Gasteiger partial charge in [-0.1, -0.05) is 0 Å². The fraction of sp³-hybridized carbons (Fsp3) is 0.105. The first-order valence-electron chi connectivity index (χ1n) is 7.59. The highest BCUT2D eigenvalue weighted by Crippen LogP contribution is 2.24. The number of benzene rings is 1. The molecular weight excluding hydrogens is 326 g/mol. The Kier molecular flexibility index (Phi) is 4.52. The lowest BCUT2D eigenvalue weighted by Crippen LogP contribution is -2.69. The summed E-state index contributed by atoms with van der Waals surface area (Å²) in [5.74, 6) is -1.84. The Hall–Kier alpha value is -3.15. The van der Waals surface area contributed by atoms with Crippen molar-refractivity contribution >= 4 is 5.97 Å². The molecule has 0 radical (unpaired) electrons. The van der Waals surface area contributed by atoms with Crippen LogP contribution < -0.4 is 9.35 Å². The second kappa shape index (κ2) is 6.76. The Bertz CT molecular complexity index is 935. The zero-order valence-electron chi connectivity index (χ0n) is 13.7. The number of ether oxygens (including phenoxy) is 1. The number of hydrogen-bond acceptors (Lipinski definition) is 2. The molecule has 126 valence electrons. The highest BCUT2D eigenvalue weighted by Gasteiger charge is 2.31. The smallest absolute Gasteiger partial charge is 0.410 e. The Morgan fingerprint density at radius 1 is 1.00 bits per heavy atom. The molecule has 4 nitrogen and oxygen atoms in total. The summed E-state index contributed by atoms with van der Waals surface area (Å²) >= 11 is 0. The molecule has 0 aliphatic rings. The van der Waals surface area contributed by atoms with Crippen molar-refractivity contribution in [3.8, 4) is 11.3 Å². The molecule has 3 rings (SSSR count). The molecule has 0 N–H and O–H groups in total. The fourth-order valence-corrected chi connectivity index (χ4v) is 2.74. The first kappa shape index (κ1) is 16.7. The molecule has 0 amide bonds. The van der Waals surface area contributed by atoms with Gasteiger partial charge in [0.25, 0.3) is 5.69 Å². The molecule has 0 aliphatic heterocycles. The number of esters is 1. The molecule has 6 heteroatoms. The maximum absolute atomic E-state index is 14.5. The van der Waals surface area contributed by atoms with E-state index in [0.717, 1.165) is 6.07 Å². The Morgan fingerprint density at radius 2 is 1.68 bits per heavy atom. The van der Waals surface area contributed by atoms with Crippen LogP contribution >= 0.6 is 0 Å². The monoisotopic (exact) mass is 342 g/mol. The molecule has 0 bridgehead atoms. The highest BCUT2D eigenvalue weighted by atomic mass is 19.1. The number of carbonyl (C=O) groups is 1. The summed E-state index contributed by atoms with van der Waals surface area (Å²) in [6, 6.07) is 12.4. The lowest BCUT2D eigenvalue weighted by Gasteiger charge is -2.05. The molecule has 2 heterocycles. The van der Waals surface area contributed by atoms with Gasteiger partial charge in [0, 0.05) is 30.3 Å². The van der Waals surface area contributed by atoms with Crippen molar-refractivity contribution in [3.63, 3.8) is 0 Å². The molecular formula is C19H16F2N2O2+2. The second-order valence-corrected chi connectivity index (χ2v) is 5.43. The number of carbonyl (C=O) groups excluding carboxylic acids is 1. The van der Waals surface area contributed by atoms with Gasteiger partial charge in [0.1, 0.15) is 11.6 Å². The summed E-state index contributed by atoms with van der Waals surface area (Å²) in [5, 5.41) is 0. The molecule has 0 saturated carbocycles. The van der Waals surface area contributed by atoms with Crippen LogP contribution in [0.4, 0.5) is 8.78 Å². The van der Waals surface area contributed by atoms with E-state index >= 15 is 0 Å². The van der Waals surface area contributed by atoms with Gasteiger partial charge in [-0.3, -0.25) is 0 Å². The van der Waals surface area contributed by atoms with Crippen LogP contribution in [0.2, 0.25) is 0 Å². The summed E-state index contributed by atoms with van der Waals surface area (Å²) in [7, 11) is 1.29. The van der Waals surface area contributed by atoms with Crippen molar-refractivity contribution < 1.29 is 27.7 Å². The molecule has 25 heavy (non-hydrogen) atoms. The Balaban J connectivity index is 2.28. The van der Waals surface area contributed by atoms with E-state index in [1.807, 2.05) is 0 Å². The van der Waals surface area contributed by atoms with E-state index in [0.29, 0.717) is 11.3 Å². The second-order valence-electron chi connectivity index (χ2n) is 5.43. The molecule has 0 saturated heterocycles. The molecule has 2 aromatic heterocycles. The number of rotatable bonds is 3. The predicted molar refractivity (Wildman–Crippen MR) is 85.5 cm³/mol. The quantitative estimate of drug-likeness (QED) is 0.542. The molecule has 3 aromatic rings. The Labute approximate surface area is 143 Å². The number of aryl methyl sites for hydroxylation is 1. The lowest BCUT2D eigenvalue weighted by molar-refractivity contribution is -1.29. The molecule has 0 fully saturated rings. The summed E-state index contributed by atoms with van der Waals surface area (Å²) in [5.41, 5.74) is 1.45. The fourth-order valence-electron chi connectivity index (χ4n) is 2.74. The van der Waals surface area contributed by atoms with Gasteiger partial charge >= 0.3 is 11.7 Å². The van der Waals surface area contributed by atoms with Gasteiger partial charge in [-0.05, 0) is 30.7 Å². The molecule has 0 spiro atoms. The first-order chi connectivity index (χ1) is 12.0. The third-order valence-corrected chi connectivity index (χ3v) is 3.81. The van der Waals surface area contributed by atoms with Gasteiger partial charge < -0.3 is 4.74 Å². The van der Waals surface area contributed by atoms with Crippen LogP contribution in [0.15, 0.2) is 60.9 Å². The van der Waals surface area contributed by atoms with E-state index in [-0.39, 0.29) is 11.3 Å². The zero-order chi connectivity index (χ0) is 18.0. The average Bonchev–Trinajstić information content (AvgIpc) is 2.60. The number of halogens is 2. The zero-order valence-corrected chi connectivity index (χ0v) is 13.7. The molecule has 0 atom stereocenters. The van der Waals surface area contributed by atoms with Crippen molar-refractivity contribution in [2.75, 3.05) is 7.11 Å².